The van der Waals surface area contributed by atoms with Crippen molar-refractivity contribution in [3.8, 4) is 0 Å². The van der Waals surface area contributed by atoms with Crippen molar-refractivity contribution >= 4 is 35.0 Å². The number of aryl methyl sites for hydroxylation is 1. The molecule has 1 aromatic carbocycles. The third-order valence-electron chi connectivity index (χ3n) is 6.47. The molecule has 1 saturated carbocycles. The lowest BCUT2D eigenvalue weighted by atomic mass is 9.84. The van der Waals surface area contributed by atoms with Gasteiger partial charge in [-0.05, 0) is 64.2 Å². The predicted molar refractivity (Wildman–Crippen MR) is 130 cm³/mol. The maximum Gasteiger partial charge on any atom is 0.275 e. The van der Waals surface area contributed by atoms with E-state index in [-0.39, 0.29) is 40.8 Å². The molecule has 9 nitrogen and oxygen atoms in total. The number of nitrogens with one attached hydrogen (secondary N) is 2. The second kappa shape index (κ2) is 10.7. The number of hydrogen-bond donors (Lipinski definition) is 3. The fraction of sp³-hybridized carbons (Fsp3) is 0.500. The van der Waals surface area contributed by atoms with Gasteiger partial charge in [0.15, 0.2) is 5.69 Å². The lowest BCUT2D eigenvalue weighted by Gasteiger charge is -2.40. The summed E-state index contributed by atoms with van der Waals surface area (Å²) in [4.78, 5) is 46.4. The average molecular weight is 508 g/mol. The number of benzene rings is 1. The first-order valence-electron chi connectivity index (χ1n) is 11.4. The molecule has 0 radical (unpaired) electrons. The van der Waals surface area contributed by atoms with Crippen molar-refractivity contribution in [1.82, 2.24) is 14.9 Å². The molecular weight excluding hydrogens is 477 g/mol. The van der Waals surface area contributed by atoms with Gasteiger partial charge in [-0.3, -0.25) is 14.4 Å². The van der Waals surface area contributed by atoms with Crippen molar-refractivity contribution in [2.75, 3.05) is 19.0 Å². The first-order valence-corrected chi connectivity index (χ1v) is 11.8. The van der Waals surface area contributed by atoms with Gasteiger partial charge in [-0.1, -0.05) is 11.6 Å². The first-order chi connectivity index (χ1) is 16.4. The van der Waals surface area contributed by atoms with Crippen molar-refractivity contribution in [2.24, 2.45) is 11.7 Å². The van der Waals surface area contributed by atoms with Gasteiger partial charge in [-0.15, -0.1) is 0 Å². The molecular formula is C24H31ClFN5O4. The Kier molecular flexibility index (Phi) is 8.17. The molecule has 35 heavy (non-hydrogen) atoms. The molecule has 1 heterocycles. The third-order valence-corrected chi connectivity index (χ3v) is 6.78. The van der Waals surface area contributed by atoms with Crippen molar-refractivity contribution < 1.29 is 23.5 Å². The number of H-pyrrole nitrogens is 1. The Morgan fingerprint density at radius 2 is 1.94 bits per heavy atom. The van der Waals surface area contributed by atoms with Gasteiger partial charge in [0.1, 0.15) is 11.5 Å². The highest BCUT2D eigenvalue weighted by Crippen LogP contribution is 2.32. The number of aromatic amines is 1. The molecule has 0 saturated heterocycles. The molecule has 0 aliphatic heterocycles. The monoisotopic (exact) mass is 507 g/mol. The molecule has 190 valence electrons. The van der Waals surface area contributed by atoms with Gasteiger partial charge >= 0.3 is 0 Å². The van der Waals surface area contributed by atoms with Gasteiger partial charge in [-0.2, -0.15) is 0 Å². The minimum Gasteiger partial charge on any atom is -0.377 e. The standard InChI is InChI=1S/C24H31ClFN5O4/c1-13-9-18(16(25)10-17(13)26)30-22(33)14-5-7-15(8-6-14)31(11-24(2,3)35-4)23(34)20-19(21(27)32)28-12-29-20/h9-10,12,14-15H,5-8,11H2,1-4H3,(H2,27,32)(H,28,29)(H,30,33)/t14-,15-. The smallest absolute Gasteiger partial charge is 0.275 e. The number of aromatic nitrogens is 2. The van der Waals surface area contributed by atoms with E-state index in [1.165, 1.54) is 18.5 Å². The Morgan fingerprint density at radius 1 is 1.29 bits per heavy atom. The summed E-state index contributed by atoms with van der Waals surface area (Å²) in [6, 6.07) is 2.50. The van der Waals surface area contributed by atoms with E-state index in [1.54, 1.807) is 18.9 Å². The molecule has 2 aromatic rings. The largest absolute Gasteiger partial charge is 0.377 e. The van der Waals surface area contributed by atoms with E-state index in [9.17, 15) is 18.8 Å². The fourth-order valence-corrected chi connectivity index (χ4v) is 4.46. The maximum atomic E-state index is 13.7. The molecule has 0 atom stereocenters. The van der Waals surface area contributed by atoms with Crippen molar-refractivity contribution in [2.45, 2.75) is 58.1 Å². The Balaban J connectivity index is 1.73. The fourth-order valence-electron chi connectivity index (χ4n) is 4.26. The number of ether oxygens (including phenoxy) is 1. The molecule has 11 heteroatoms. The zero-order valence-corrected chi connectivity index (χ0v) is 21.0. The summed E-state index contributed by atoms with van der Waals surface area (Å²) in [5.41, 5.74) is 5.42. The van der Waals surface area contributed by atoms with E-state index in [2.05, 4.69) is 15.3 Å². The van der Waals surface area contributed by atoms with E-state index in [0.717, 1.165) is 0 Å². The second-order valence-electron chi connectivity index (χ2n) is 9.46. The number of hydrogen-bond acceptors (Lipinski definition) is 5. The van der Waals surface area contributed by atoms with Crippen LogP contribution >= 0.6 is 11.6 Å². The topological polar surface area (TPSA) is 130 Å². The zero-order chi connectivity index (χ0) is 25.9. The SMILES string of the molecule is COC(C)(C)CN(C(=O)c1nc[nH]c1C(N)=O)[C@H]1CC[C@H](C(=O)Nc2cc(C)c(F)cc2Cl)CC1. The van der Waals surface area contributed by atoms with E-state index >= 15 is 0 Å². The maximum absolute atomic E-state index is 13.7. The molecule has 3 amide bonds. The van der Waals surface area contributed by atoms with Crippen molar-refractivity contribution in [3.05, 3.63) is 46.3 Å². The Hall–Kier alpha value is -2.98. The van der Waals surface area contributed by atoms with Crippen LogP contribution in [-0.4, -0.2) is 57.9 Å². The number of amides is 3. The molecule has 0 bridgehead atoms. The third kappa shape index (κ3) is 6.18. The lowest BCUT2D eigenvalue weighted by Crippen LogP contribution is -2.50. The summed E-state index contributed by atoms with van der Waals surface area (Å²) in [7, 11) is 1.57. The number of methoxy groups -OCH3 is 1. The van der Waals surface area contributed by atoms with Crippen LogP contribution in [0.25, 0.3) is 0 Å². The number of halogens is 2. The Labute approximate surface area is 208 Å². The summed E-state index contributed by atoms with van der Waals surface area (Å²) in [6.45, 7) is 5.59. The average Bonchev–Trinajstić information content (AvgIpc) is 3.31. The van der Waals surface area contributed by atoms with Gasteiger partial charge in [-0.25, -0.2) is 9.37 Å². The van der Waals surface area contributed by atoms with E-state index in [4.69, 9.17) is 22.1 Å². The number of rotatable bonds is 8. The molecule has 1 fully saturated rings. The van der Waals surface area contributed by atoms with Crippen LogP contribution in [-0.2, 0) is 9.53 Å². The van der Waals surface area contributed by atoms with Crippen LogP contribution in [0.4, 0.5) is 10.1 Å². The number of imidazole rings is 1. The normalized spacial score (nSPS) is 18.2. The quantitative estimate of drug-likeness (QED) is 0.501. The Bertz CT molecular complexity index is 1110. The number of primary amides is 1. The number of nitrogens with two attached hydrogens (primary N) is 1. The summed E-state index contributed by atoms with van der Waals surface area (Å²) < 4.78 is 19.2. The minimum absolute atomic E-state index is 0.0365. The first kappa shape index (κ1) is 26.6. The highest BCUT2D eigenvalue weighted by Gasteiger charge is 2.37. The zero-order valence-electron chi connectivity index (χ0n) is 20.3. The van der Waals surface area contributed by atoms with E-state index in [0.29, 0.717) is 36.9 Å². The number of anilines is 1. The summed E-state index contributed by atoms with van der Waals surface area (Å²) in [5.74, 6) is -2.12. The van der Waals surface area contributed by atoms with Gasteiger partial charge in [0.05, 0.1) is 22.6 Å². The second-order valence-corrected chi connectivity index (χ2v) is 9.87. The molecule has 1 aliphatic carbocycles. The highest BCUT2D eigenvalue weighted by atomic mass is 35.5. The van der Waals surface area contributed by atoms with Crippen LogP contribution in [0.1, 0.15) is 66.1 Å². The molecule has 3 rings (SSSR count). The lowest BCUT2D eigenvalue weighted by molar-refractivity contribution is -0.121. The van der Waals surface area contributed by atoms with Gasteiger partial charge in [0, 0.05) is 25.6 Å². The predicted octanol–water partition coefficient (Wildman–Crippen LogP) is 3.67. The van der Waals surface area contributed by atoms with Crippen LogP contribution in [0.5, 0.6) is 0 Å². The molecule has 0 spiro atoms. The van der Waals surface area contributed by atoms with E-state index in [1.807, 2.05) is 13.8 Å². The number of carbonyl (C=O) groups excluding carboxylic acids is 3. The highest BCUT2D eigenvalue weighted by molar-refractivity contribution is 6.33. The van der Waals surface area contributed by atoms with Crippen LogP contribution in [0.2, 0.25) is 5.02 Å². The summed E-state index contributed by atoms with van der Waals surface area (Å²) in [5, 5.41) is 2.94. The molecule has 1 aromatic heterocycles. The number of carbonyl (C=O) groups is 3. The summed E-state index contributed by atoms with van der Waals surface area (Å²) >= 11 is 6.09. The van der Waals surface area contributed by atoms with Gasteiger partial charge < -0.3 is 25.7 Å². The van der Waals surface area contributed by atoms with Crippen molar-refractivity contribution in [1.29, 1.82) is 0 Å². The van der Waals surface area contributed by atoms with Crippen LogP contribution < -0.4 is 11.1 Å². The molecule has 1 aliphatic rings. The van der Waals surface area contributed by atoms with Crippen LogP contribution in [0.15, 0.2) is 18.5 Å². The van der Waals surface area contributed by atoms with Crippen molar-refractivity contribution in [3.63, 3.8) is 0 Å². The van der Waals surface area contributed by atoms with Gasteiger partial charge in [0.25, 0.3) is 11.8 Å². The molecule has 4 N–H and O–H groups in total. The Morgan fingerprint density at radius 3 is 2.54 bits per heavy atom. The van der Waals surface area contributed by atoms with Gasteiger partial charge in [0.2, 0.25) is 5.91 Å². The minimum atomic E-state index is -0.771. The molecule has 0 unspecified atom stereocenters. The summed E-state index contributed by atoms with van der Waals surface area (Å²) in [6.07, 6.45) is 3.46. The van der Waals surface area contributed by atoms with Crippen LogP contribution in [0.3, 0.4) is 0 Å². The number of nitrogens with zero attached hydrogens (tertiary/aromatic N) is 2. The van der Waals surface area contributed by atoms with E-state index < -0.39 is 23.2 Å². The van der Waals surface area contributed by atoms with Crippen LogP contribution in [0, 0.1) is 18.7 Å².